The van der Waals surface area contributed by atoms with Crippen molar-refractivity contribution in [1.82, 2.24) is 9.80 Å². The van der Waals surface area contributed by atoms with Gasteiger partial charge >= 0.3 is 11.9 Å². The Morgan fingerprint density at radius 2 is 1.62 bits per heavy atom. The summed E-state index contributed by atoms with van der Waals surface area (Å²) in [6, 6.07) is 9.49. The van der Waals surface area contributed by atoms with Crippen LogP contribution in [0, 0.1) is 6.92 Å². The van der Waals surface area contributed by atoms with Gasteiger partial charge in [0, 0.05) is 38.8 Å². The Morgan fingerprint density at radius 3 is 2.08 bits per heavy atom. The monoisotopic (exact) mass is 336 g/mol. The second-order valence-electron chi connectivity index (χ2n) is 6.11. The fourth-order valence-corrected chi connectivity index (χ4v) is 2.65. The molecule has 0 aliphatic carbocycles. The number of aryl methyl sites for hydroxylation is 1. The quantitative estimate of drug-likeness (QED) is 0.819. The van der Waals surface area contributed by atoms with Crippen molar-refractivity contribution in [2.45, 2.75) is 39.8 Å². The molecule has 6 nitrogen and oxygen atoms in total. The Kier molecular flexibility index (Phi) is 8.43. The molecule has 2 N–H and O–H groups in total. The lowest BCUT2D eigenvalue weighted by molar-refractivity contribution is -0.159. The Hall–Kier alpha value is -1.92. The molecule has 2 rings (SSSR count). The summed E-state index contributed by atoms with van der Waals surface area (Å²) in [5.74, 6) is -3.65. The zero-order valence-electron chi connectivity index (χ0n) is 14.7. The van der Waals surface area contributed by atoms with Crippen molar-refractivity contribution in [3.8, 4) is 0 Å². The maximum atomic E-state index is 9.10. The van der Waals surface area contributed by atoms with Gasteiger partial charge in [-0.25, -0.2) is 9.59 Å². The number of hydrogen-bond acceptors (Lipinski definition) is 4. The van der Waals surface area contributed by atoms with Gasteiger partial charge in [0.05, 0.1) is 0 Å². The molecule has 6 heteroatoms. The minimum Gasteiger partial charge on any atom is -0.473 e. The van der Waals surface area contributed by atoms with Crippen LogP contribution in [0.1, 0.15) is 31.4 Å². The van der Waals surface area contributed by atoms with E-state index >= 15 is 0 Å². The number of carbonyl (C=O) groups is 2. The van der Waals surface area contributed by atoms with Gasteiger partial charge in [-0.05, 0) is 31.4 Å². The molecule has 0 spiro atoms. The third-order valence-corrected chi connectivity index (χ3v) is 4.46. The number of nitrogens with zero attached hydrogens (tertiary/aromatic N) is 2. The Balaban J connectivity index is 0.000000413. The van der Waals surface area contributed by atoms with Crippen LogP contribution in [0.2, 0.25) is 0 Å². The van der Waals surface area contributed by atoms with E-state index in [2.05, 4.69) is 54.8 Å². The first-order valence-corrected chi connectivity index (χ1v) is 8.32. The Morgan fingerprint density at radius 1 is 1.08 bits per heavy atom. The summed E-state index contributed by atoms with van der Waals surface area (Å²) in [4.78, 5) is 23.4. The molecule has 0 aromatic heterocycles. The van der Waals surface area contributed by atoms with Crippen molar-refractivity contribution >= 4 is 11.9 Å². The van der Waals surface area contributed by atoms with Gasteiger partial charge in [-0.3, -0.25) is 9.80 Å². The first-order valence-electron chi connectivity index (χ1n) is 8.32. The van der Waals surface area contributed by atoms with Crippen molar-refractivity contribution in [3.63, 3.8) is 0 Å². The fourth-order valence-electron chi connectivity index (χ4n) is 2.65. The molecule has 1 atom stereocenters. The van der Waals surface area contributed by atoms with Crippen LogP contribution in [0.15, 0.2) is 24.3 Å². The van der Waals surface area contributed by atoms with E-state index in [-0.39, 0.29) is 0 Å². The largest absolute Gasteiger partial charge is 0.473 e. The van der Waals surface area contributed by atoms with Crippen molar-refractivity contribution in [1.29, 1.82) is 0 Å². The smallest absolute Gasteiger partial charge is 0.414 e. The highest BCUT2D eigenvalue weighted by molar-refractivity contribution is 6.27. The number of carboxylic acid groups (broad SMARTS) is 2. The SMILES string of the molecule is CCC(C)N1CCN(Cc2ccccc2C)CC1.O=C(O)C(=O)O. The predicted molar refractivity (Wildman–Crippen MR) is 93.1 cm³/mol. The van der Waals surface area contributed by atoms with Crippen molar-refractivity contribution in [3.05, 3.63) is 35.4 Å². The summed E-state index contributed by atoms with van der Waals surface area (Å²) in [5, 5.41) is 14.8. The predicted octanol–water partition coefficient (Wildman–Crippen LogP) is 2.07. The summed E-state index contributed by atoms with van der Waals surface area (Å²) in [6.07, 6.45) is 1.26. The average Bonchev–Trinajstić information content (AvgIpc) is 2.57. The van der Waals surface area contributed by atoms with Crippen molar-refractivity contribution < 1.29 is 19.8 Å². The van der Waals surface area contributed by atoms with Crippen molar-refractivity contribution in [2.24, 2.45) is 0 Å². The zero-order valence-corrected chi connectivity index (χ0v) is 14.7. The van der Waals surface area contributed by atoms with E-state index in [4.69, 9.17) is 19.8 Å². The summed E-state index contributed by atoms with van der Waals surface area (Å²) < 4.78 is 0. The second-order valence-corrected chi connectivity index (χ2v) is 6.11. The van der Waals surface area contributed by atoms with Crippen molar-refractivity contribution in [2.75, 3.05) is 26.2 Å². The fraction of sp³-hybridized carbons (Fsp3) is 0.556. The molecular formula is C18H28N2O4. The molecule has 0 amide bonds. The lowest BCUT2D eigenvalue weighted by atomic mass is 10.1. The number of aliphatic carboxylic acids is 2. The number of benzene rings is 1. The van der Waals surface area contributed by atoms with Gasteiger partial charge in [-0.1, -0.05) is 31.2 Å². The molecule has 1 aromatic carbocycles. The highest BCUT2D eigenvalue weighted by Crippen LogP contribution is 2.14. The van der Waals surface area contributed by atoms with Gasteiger partial charge < -0.3 is 10.2 Å². The average molecular weight is 336 g/mol. The molecule has 1 saturated heterocycles. The van der Waals surface area contributed by atoms with Gasteiger partial charge in [0.15, 0.2) is 0 Å². The number of carboxylic acids is 2. The van der Waals surface area contributed by atoms with E-state index in [1.807, 2.05) is 0 Å². The first-order chi connectivity index (χ1) is 11.3. The summed E-state index contributed by atoms with van der Waals surface area (Å²) in [7, 11) is 0. The maximum Gasteiger partial charge on any atom is 0.414 e. The lowest BCUT2D eigenvalue weighted by Crippen LogP contribution is -2.49. The Labute approximate surface area is 143 Å². The summed E-state index contributed by atoms with van der Waals surface area (Å²) in [5.41, 5.74) is 2.90. The number of hydrogen-bond donors (Lipinski definition) is 2. The third kappa shape index (κ3) is 6.68. The molecule has 0 radical (unpaired) electrons. The van der Waals surface area contributed by atoms with Crippen LogP contribution < -0.4 is 0 Å². The van der Waals surface area contributed by atoms with Crippen LogP contribution in [0.25, 0.3) is 0 Å². The molecule has 134 valence electrons. The van der Waals surface area contributed by atoms with Crippen LogP contribution in [-0.2, 0) is 16.1 Å². The molecule has 1 aliphatic heterocycles. The molecule has 1 fully saturated rings. The highest BCUT2D eigenvalue weighted by atomic mass is 16.4. The Bertz CT molecular complexity index is 528. The van der Waals surface area contributed by atoms with E-state index < -0.39 is 11.9 Å². The molecule has 1 unspecified atom stereocenters. The van der Waals surface area contributed by atoms with E-state index in [1.54, 1.807) is 0 Å². The summed E-state index contributed by atoms with van der Waals surface area (Å²) in [6.45, 7) is 12.8. The topological polar surface area (TPSA) is 81.1 Å². The molecule has 1 aromatic rings. The standard InChI is InChI=1S/C16H26N2.C2H2O4/c1-4-15(3)18-11-9-17(10-12-18)13-16-8-6-5-7-14(16)2;3-1(4)2(5)6/h5-8,15H,4,9-13H2,1-3H3;(H,3,4)(H,5,6). The van der Waals surface area contributed by atoms with Crippen LogP contribution in [-0.4, -0.2) is 64.2 Å². The molecule has 24 heavy (non-hydrogen) atoms. The van der Waals surface area contributed by atoms with Gasteiger partial charge in [0.2, 0.25) is 0 Å². The van der Waals surface area contributed by atoms with Crippen LogP contribution >= 0.6 is 0 Å². The molecule has 1 heterocycles. The second kappa shape index (κ2) is 10.1. The van der Waals surface area contributed by atoms with E-state index in [9.17, 15) is 0 Å². The normalized spacial score (nSPS) is 16.8. The molecule has 1 aliphatic rings. The number of rotatable bonds is 4. The van der Waals surface area contributed by atoms with Gasteiger partial charge in [-0.15, -0.1) is 0 Å². The van der Waals surface area contributed by atoms with Crippen LogP contribution in [0.4, 0.5) is 0 Å². The van der Waals surface area contributed by atoms with E-state index in [0.29, 0.717) is 0 Å². The zero-order chi connectivity index (χ0) is 18.1. The molecule has 0 bridgehead atoms. The van der Waals surface area contributed by atoms with E-state index in [1.165, 1.54) is 43.7 Å². The van der Waals surface area contributed by atoms with Gasteiger partial charge in [0.1, 0.15) is 0 Å². The third-order valence-electron chi connectivity index (χ3n) is 4.46. The minimum absolute atomic E-state index is 0.741. The van der Waals surface area contributed by atoms with E-state index in [0.717, 1.165) is 12.6 Å². The van der Waals surface area contributed by atoms with Gasteiger partial charge in [0.25, 0.3) is 0 Å². The number of piperazine rings is 1. The van der Waals surface area contributed by atoms with Crippen LogP contribution in [0.5, 0.6) is 0 Å². The molecular weight excluding hydrogens is 308 g/mol. The highest BCUT2D eigenvalue weighted by Gasteiger charge is 2.20. The maximum absolute atomic E-state index is 9.10. The first kappa shape index (κ1) is 20.1. The van der Waals surface area contributed by atoms with Crippen LogP contribution in [0.3, 0.4) is 0 Å². The molecule has 0 saturated carbocycles. The summed E-state index contributed by atoms with van der Waals surface area (Å²) >= 11 is 0. The lowest BCUT2D eigenvalue weighted by Gasteiger charge is -2.38. The minimum atomic E-state index is -1.82. The van der Waals surface area contributed by atoms with Gasteiger partial charge in [-0.2, -0.15) is 0 Å².